The summed E-state index contributed by atoms with van der Waals surface area (Å²) in [5.74, 6) is 0. The van der Waals surface area contributed by atoms with Gasteiger partial charge >= 0.3 is 0 Å². The monoisotopic (exact) mass is 808 g/mol. The number of benzene rings is 8. The molecule has 0 amide bonds. The Morgan fingerprint density at radius 1 is 0.460 bits per heavy atom. The van der Waals surface area contributed by atoms with E-state index >= 15 is 0 Å². The zero-order valence-corrected chi connectivity index (χ0v) is 35.1. The second-order valence-corrected chi connectivity index (χ2v) is 17.8. The molecular weight excluding hydrogens is 769 g/mol. The maximum atomic E-state index is 6.83. The minimum Gasteiger partial charge on any atom is -0.458 e. The van der Waals surface area contributed by atoms with Gasteiger partial charge in [0.2, 0.25) is 0 Å². The molecule has 0 radical (unpaired) electrons. The molecule has 0 atom stereocenters. The van der Waals surface area contributed by atoms with E-state index in [0.29, 0.717) is 0 Å². The van der Waals surface area contributed by atoms with Gasteiger partial charge in [-0.15, -0.1) is 0 Å². The summed E-state index contributed by atoms with van der Waals surface area (Å²) in [5, 5.41) is 12.5. The standard InChI is InChI=1S/C58H40N4O/c1-58(2,3)36-31-51-45-22-9-8-21-44(45)49-25-13-24-48-42-19-6-4-17-40(42)41-18-5-7-20-43(41)50-26-14-28-53-57(50)61(56(48)49)35-60(53)37-15-12-16-38(33-37)63-39-29-30-47-46-23-10-11-27-52(46)62(54(47)34-39)55(32-36)59-51/h4-34H,1-3H3. The molecule has 298 valence electrons. The Labute approximate surface area is 362 Å². The fourth-order valence-electron chi connectivity index (χ4n) is 10.1. The summed E-state index contributed by atoms with van der Waals surface area (Å²) in [4.78, 5) is 5.66. The highest BCUT2D eigenvalue weighted by Crippen LogP contribution is 2.38. The lowest BCUT2D eigenvalue weighted by Crippen LogP contribution is -2.30. The lowest BCUT2D eigenvalue weighted by atomic mass is 9.87. The molecule has 5 heterocycles. The molecule has 0 saturated carbocycles. The van der Waals surface area contributed by atoms with Crippen LogP contribution in [0, 0.1) is 6.33 Å². The van der Waals surface area contributed by atoms with Crippen molar-refractivity contribution in [3.05, 3.63) is 200 Å². The van der Waals surface area contributed by atoms with Crippen LogP contribution in [-0.4, -0.2) is 13.8 Å². The predicted molar refractivity (Wildman–Crippen MR) is 261 cm³/mol. The number of pyridine rings is 1. The quantitative estimate of drug-likeness (QED) is 0.113. The Balaban J connectivity index is 1.38. The molecule has 0 spiro atoms. The van der Waals surface area contributed by atoms with Crippen molar-refractivity contribution in [2.45, 2.75) is 26.2 Å². The van der Waals surface area contributed by atoms with Crippen LogP contribution >= 0.6 is 0 Å². The highest BCUT2D eigenvalue weighted by Gasteiger charge is 2.21. The Hall–Kier alpha value is -8.02. The van der Waals surface area contributed by atoms with E-state index in [2.05, 4.69) is 222 Å². The van der Waals surface area contributed by atoms with Crippen LogP contribution < -0.4 is 4.57 Å². The van der Waals surface area contributed by atoms with Gasteiger partial charge in [0.05, 0.1) is 38.8 Å². The summed E-state index contributed by atoms with van der Waals surface area (Å²) >= 11 is 0. The van der Waals surface area contributed by atoms with Crippen molar-refractivity contribution >= 4 is 109 Å². The highest BCUT2D eigenvalue weighted by atomic mass is 16.3. The first kappa shape index (κ1) is 35.7. The Bertz CT molecular complexity index is 4200. The number of para-hydroxylation sites is 3. The van der Waals surface area contributed by atoms with Gasteiger partial charge in [-0.3, -0.25) is 13.4 Å². The van der Waals surface area contributed by atoms with Gasteiger partial charge in [-0.25, -0.2) is 4.98 Å². The molecule has 0 N–H and O–H groups in total. The molecule has 13 rings (SSSR count). The molecular formula is C58H40N4O. The molecule has 3 aromatic heterocycles. The maximum absolute atomic E-state index is 6.83. The van der Waals surface area contributed by atoms with Crippen LogP contribution in [0.4, 0.5) is 0 Å². The molecule has 63 heavy (non-hydrogen) atoms. The average molecular weight is 809 g/mol. The smallest absolute Gasteiger partial charge is 0.269 e. The third-order valence-electron chi connectivity index (χ3n) is 13.0. The summed E-state index contributed by atoms with van der Waals surface area (Å²) in [6, 6.07) is 67.8. The zero-order valence-electron chi connectivity index (χ0n) is 35.1. The molecule has 0 unspecified atom stereocenters. The molecule has 2 aliphatic heterocycles. The summed E-state index contributed by atoms with van der Waals surface area (Å²) in [6.07, 6.45) is 3.96. The number of aromatic nitrogens is 4. The lowest BCUT2D eigenvalue weighted by Gasteiger charge is -2.19. The lowest BCUT2D eigenvalue weighted by molar-refractivity contribution is -0.568. The average Bonchev–Trinajstić information content (AvgIpc) is 3.87. The van der Waals surface area contributed by atoms with Gasteiger partial charge in [0, 0.05) is 22.2 Å². The van der Waals surface area contributed by atoms with E-state index in [4.69, 9.17) is 9.40 Å². The van der Waals surface area contributed by atoms with E-state index in [0.717, 1.165) is 93.3 Å². The molecule has 8 aromatic carbocycles. The Morgan fingerprint density at radius 3 is 1.73 bits per heavy atom. The molecule has 8 bridgehead atoms. The van der Waals surface area contributed by atoms with Crippen LogP contribution in [-0.2, 0) is 5.41 Å². The van der Waals surface area contributed by atoms with Crippen molar-refractivity contribution in [1.29, 1.82) is 0 Å². The normalized spacial score (nSPS) is 12.4. The van der Waals surface area contributed by atoms with Gasteiger partial charge in [0.15, 0.2) is 0 Å². The van der Waals surface area contributed by atoms with Crippen molar-refractivity contribution in [3.8, 4) is 5.69 Å². The Morgan fingerprint density at radius 2 is 1.00 bits per heavy atom. The van der Waals surface area contributed by atoms with Crippen molar-refractivity contribution in [2.24, 2.45) is 0 Å². The first-order chi connectivity index (χ1) is 30.9. The van der Waals surface area contributed by atoms with Gasteiger partial charge in [0.25, 0.3) is 6.33 Å². The fraction of sp³-hybridized carbons (Fsp3) is 0.0690. The summed E-state index contributed by atoms with van der Waals surface area (Å²) in [7, 11) is 0. The molecule has 11 aromatic rings. The van der Waals surface area contributed by atoms with Gasteiger partial charge < -0.3 is 4.42 Å². The summed E-state index contributed by atoms with van der Waals surface area (Å²) in [6.45, 7) is 6.85. The predicted octanol–water partition coefficient (Wildman–Crippen LogP) is 14.6. The number of hydrogen-bond acceptors (Lipinski definition) is 2. The van der Waals surface area contributed by atoms with Crippen LogP contribution in [0.25, 0.3) is 115 Å². The largest absolute Gasteiger partial charge is 0.458 e. The SMILES string of the molecule is CC(C)(C)c1cc2nc(c1)n1c3ccccc3c3ccc(cc31)oc1cccc(c1)n1[c-][n+]3c4c(cccc41)c1ccccc1c1ccccc1c1cccc(c1-3)c1ccccc21. The maximum Gasteiger partial charge on any atom is 0.269 e. The van der Waals surface area contributed by atoms with Crippen LogP contribution in [0.5, 0.6) is 0 Å². The van der Waals surface area contributed by atoms with Crippen LogP contribution in [0.15, 0.2) is 192 Å². The van der Waals surface area contributed by atoms with Gasteiger partial charge in [-0.05, 0) is 103 Å². The van der Waals surface area contributed by atoms with Crippen molar-refractivity contribution in [3.63, 3.8) is 0 Å². The minimum absolute atomic E-state index is 0.168. The van der Waals surface area contributed by atoms with Crippen LogP contribution in [0.3, 0.4) is 0 Å². The molecule has 2 aliphatic rings. The van der Waals surface area contributed by atoms with E-state index in [9.17, 15) is 0 Å². The van der Waals surface area contributed by atoms with E-state index in [1.807, 2.05) is 6.07 Å². The van der Waals surface area contributed by atoms with Crippen molar-refractivity contribution in [1.82, 2.24) is 13.8 Å². The van der Waals surface area contributed by atoms with E-state index in [1.165, 1.54) is 27.1 Å². The van der Waals surface area contributed by atoms with E-state index in [1.54, 1.807) is 0 Å². The Kier molecular flexibility index (Phi) is 7.50. The zero-order chi connectivity index (χ0) is 42.0. The molecule has 5 heteroatoms. The number of fused-ring (bicyclic) bond motifs is 20. The van der Waals surface area contributed by atoms with Crippen LogP contribution in [0.2, 0.25) is 0 Å². The van der Waals surface area contributed by atoms with Crippen LogP contribution in [0.1, 0.15) is 26.3 Å². The molecule has 0 aliphatic carbocycles. The second-order valence-electron chi connectivity index (χ2n) is 17.8. The molecule has 0 saturated heterocycles. The first-order valence-electron chi connectivity index (χ1n) is 21.6. The van der Waals surface area contributed by atoms with Crippen molar-refractivity contribution < 1.29 is 8.98 Å². The third-order valence-corrected chi connectivity index (χ3v) is 13.0. The fourth-order valence-corrected chi connectivity index (χ4v) is 10.1. The van der Waals surface area contributed by atoms with Gasteiger partial charge in [-0.2, -0.15) is 0 Å². The van der Waals surface area contributed by atoms with Gasteiger partial charge in [-0.1, -0.05) is 154 Å². The number of imidazole rings is 1. The number of nitrogens with zero attached hydrogens (tertiary/aromatic N) is 4. The minimum atomic E-state index is -0.168. The highest BCUT2D eigenvalue weighted by molar-refractivity contribution is 6.21. The number of hydrogen-bond donors (Lipinski definition) is 0. The van der Waals surface area contributed by atoms with Crippen molar-refractivity contribution in [2.75, 3.05) is 0 Å². The van der Waals surface area contributed by atoms with E-state index < -0.39 is 0 Å². The topological polar surface area (TPSA) is 38.7 Å². The van der Waals surface area contributed by atoms with Gasteiger partial charge in [0.1, 0.15) is 16.8 Å². The summed E-state index contributed by atoms with van der Waals surface area (Å²) < 4.78 is 13.7. The third kappa shape index (κ3) is 5.36. The summed E-state index contributed by atoms with van der Waals surface area (Å²) in [5.41, 5.74) is 10.5. The molecule has 0 fully saturated rings. The molecule has 5 nitrogen and oxygen atoms in total. The van der Waals surface area contributed by atoms with E-state index in [-0.39, 0.29) is 5.41 Å². The number of rotatable bonds is 0. The second kappa shape index (κ2) is 13.2. The first-order valence-corrected chi connectivity index (χ1v) is 21.6.